The fraction of sp³-hybridized carbons (Fsp3) is 0.611. The largest absolute Gasteiger partial charge is 0.497 e. The first-order valence-corrected chi connectivity index (χ1v) is 10.5. The molecule has 2 heterocycles. The van der Waals surface area contributed by atoms with Crippen LogP contribution in [0, 0.1) is 0 Å². The van der Waals surface area contributed by atoms with Crippen molar-refractivity contribution in [2.75, 3.05) is 38.8 Å². The fourth-order valence-corrected chi connectivity index (χ4v) is 5.41. The van der Waals surface area contributed by atoms with E-state index in [-0.39, 0.29) is 23.5 Å². The molecule has 1 fully saturated rings. The molecule has 25 heavy (non-hydrogen) atoms. The van der Waals surface area contributed by atoms with E-state index in [1.54, 1.807) is 7.11 Å². The first-order chi connectivity index (χ1) is 11.9. The number of ether oxygens (including phenoxy) is 1. The van der Waals surface area contributed by atoms with E-state index < -0.39 is 9.84 Å². The highest BCUT2D eigenvalue weighted by Gasteiger charge is 2.31. The summed E-state index contributed by atoms with van der Waals surface area (Å²) in [7, 11) is 0.686. The van der Waals surface area contributed by atoms with Crippen molar-refractivity contribution < 1.29 is 17.9 Å². The van der Waals surface area contributed by atoms with Crippen LogP contribution in [-0.2, 0) is 27.6 Å². The SMILES string of the molecule is COc1ccc2c(c1)CCN(C(=O)CCN(C)C1CCS(=O)(=O)C1)C2. The molecule has 1 aromatic carbocycles. The van der Waals surface area contributed by atoms with E-state index in [9.17, 15) is 13.2 Å². The third-order valence-corrected chi connectivity index (χ3v) is 7.04. The van der Waals surface area contributed by atoms with Crippen LogP contribution in [0.5, 0.6) is 5.75 Å². The standard InChI is InChI=1S/C18H26N2O4S/c1-19(16-7-10-25(22,23)13-16)8-6-18(21)20-9-5-14-11-17(24-2)4-3-15(14)12-20/h3-4,11,16H,5-10,12-13H2,1-2H3. The molecule has 0 aromatic heterocycles. The molecule has 1 amide bonds. The second-order valence-electron chi connectivity index (χ2n) is 6.99. The number of rotatable bonds is 5. The Kier molecular flexibility index (Phi) is 5.34. The summed E-state index contributed by atoms with van der Waals surface area (Å²) in [5, 5.41) is 0. The van der Waals surface area contributed by atoms with Crippen LogP contribution in [0.3, 0.4) is 0 Å². The first-order valence-electron chi connectivity index (χ1n) is 8.72. The second-order valence-corrected chi connectivity index (χ2v) is 9.22. The lowest BCUT2D eigenvalue weighted by molar-refractivity contribution is -0.132. The molecule has 3 rings (SSSR count). The van der Waals surface area contributed by atoms with Gasteiger partial charge in [0.25, 0.3) is 0 Å². The molecule has 1 unspecified atom stereocenters. The Bertz CT molecular complexity index is 747. The molecular weight excluding hydrogens is 340 g/mol. The highest BCUT2D eigenvalue weighted by atomic mass is 32.2. The van der Waals surface area contributed by atoms with Gasteiger partial charge in [-0.15, -0.1) is 0 Å². The van der Waals surface area contributed by atoms with Crippen molar-refractivity contribution in [3.63, 3.8) is 0 Å². The van der Waals surface area contributed by atoms with Crippen molar-refractivity contribution >= 4 is 15.7 Å². The Hall–Kier alpha value is -1.60. The zero-order valence-electron chi connectivity index (χ0n) is 14.9. The fourth-order valence-electron chi connectivity index (χ4n) is 3.60. The van der Waals surface area contributed by atoms with Crippen LogP contribution < -0.4 is 4.74 Å². The Morgan fingerprint density at radius 2 is 2.16 bits per heavy atom. The molecule has 2 aliphatic heterocycles. The van der Waals surface area contributed by atoms with Crippen LogP contribution in [0.2, 0.25) is 0 Å². The van der Waals surface area contributed by atoms with Gasteiger partial charge in [0, 0.05) is 32.1 Å². The van der Waals surface area contributed by atoms with E-state index in [4.69, 9.17) is 4.74 Å². The van der Waals surface area contributed by atoms with Gasteiger partial charge in [-0.2, -0.15) is 0 Å². The number of carbonyl (C=O) groups excluding carboxylic acids is 1. The molecule has 138 valence electrons. The number of hydrogen-bond donors (Lipinski definition) is 0. The summed E-state index contributed by atoms with van der Waals surface area (Å²) in [6.07, 6.45) is 1.94. The Labute approximate surface area is 149 Å². The van der Waals surface area contributed by atoms with Gasteiger partial charge in [0.05, 0.1) is 18.6 Å². The molecule has 1 aromatic rings. The second kappa shape index (κ2) is 7.33. The predicted octanol–water partition coefficient (Wildman–Crippen LogP) is 1.09. The van der Waals surface area contributed by atoms with Crippen molar-refractivity contribution in [3.8, 4) is 5.75 Å². The summed E-state index contributed by atoms with van der Waals surface area (Å²) in [6, 6.07) is 6.06. The van der Waals surface area contributed by atoms with Gasteiger partial charge in [-0.3, -0.25) is 4.79 Å². The normalized spacial score (nSPS) is 22.0. The van der Waals surface area contributed by atoms with E-state index in [1.807, 2.05) is 35.0 Å². The lowest BCUT2D eigenvalue weighted by atomic mass is 9.99. The van der Waals surface area contributed by atoms with Gasteiger partial charge in [0.2, 0.25) is 5.91 Å². The molecule has 0 spiro atoms. The Balaban J connectivity index is 1.52. The van der Waals surface area contributed by atoms with E-state index >= 15 is 0 Å². The molecule has 1 atom stereocenters. The maximum absolute atomic E-state index is 12.5. The molecular formula is C18H26N2O4S. The lowest BCUT2D eigenvalue weighted by Gasteiger charge is -2.30. The molecule has 0 saturated carbocycles. The highest BCUT2D eigenvalue weighted by Crippen LogP contribution is 2.24. The van der Waals surface area contributed by atoms with Crippen LogP contribution in [0.15, 0.2) is 18.2 Å². The minimum atomic E-state index is -2.89. The van der Waals surface area contributed by atoms with Gasteiger partial charge in [-0.05, 0) is 43.1 Å². The smallest absolute Gasteiger partial charge is 0.224 e. The summed E-state index contributed by atoms with van der Waals surface area (Å²) in [5.74, 6) is 1.47. The Morgan fingerprint density at radius 3 is 2.84 bits per heavy atom. The van der Waals surface area contributed by atoms with E-state index in [2.05, 4.69) is 0 Å². The summed E-state index contributed by atoms with van der Waals surface area (Å²) >= 11 is 0. The first kappa shape index (κ1) is 18.2. The van der Waals surface area contributed by atoms with E-state index in [1.165, 1.54) is 11.1 Å². The molecule has 0 aliphatic carbocycles. The molecule has 7 heteroatoms. The van der Waals surface area contributed by atoms with Gasteiger partial charge in [0.15, 0.2) is 9.84 Å². The highest BCUT2D eigenvalue weighted by molar-refractivity contribution is 7.91. The number of methoxy groups -OCH3 is 1. The van der Waals surface area contributed by atoms with Crippen LogP contribution in [-0.4, -0.2) is 68.9 Å². The van der Waals surface area contributed by atoms with Gasteiger partial charge in [-0.25, -0.2) is 8.42 Å². The molecule has 1 saturated heterocycles. The van der Waals surface area contributed by atoms with Gasteiger partial charge in [0.1, 0.15) is 5.75 Å². The summed E-state index contributed by atoms with van der Waals surface area (Å²) in [5.41, 5.74) is 2.42. The van der Waals surface area contributed by atoms with Crippen molar-refractivity contribution in [3.05, 3.63) is 29.3 Å². The monoisotopic (exact) mass is 366 g/mol. The maximum atomic E-state index is 12.5. The number of nitrogens with zero attached hydrogens (tertiary/aromatic N) is 2. The molecule has 0 N–H and O–H groups in total. The summed E-state index contributed by atoms with van der Waals surface area (Å²) in [4.78, 5) is 16.4. The number of carbonyl (C=O) groups is 1. The van der Waals surface area contributed by atoms with Crippen molar-refractivity contribution in [2.24, 2.45) is 0 Å². The number of hydrogen-bond acceptors (Lipinski definition) is 5. The average molecular weight is 366 g/mol. The summed E-state index contributed by atoms with van der Waals surface area (Å²) in [6.45, 7) is 1.96. The maximum Gasteiger partial charge on any atom is 0.224 e. The van der Waals surface area contributed by atoms with Crippen molar-refractivity contribution in [1.29, 1.82) is 0 Å². The van der Waals surface area contributed by atoms with Crippen LogP contribution in [0.25, 0.3) is 0 Å². The Morgan fingerprint density at radius 1 is 1.36 bits per heavy atom. The molecule has 0 radical (unpaired) electrons. The van der Waals surface area contributed by atoms with Crippen molar-refractivity contribution in [1.82, 2.24) is 9.80 Å². The minimum Gasteiger partial charge on any atom is -0.497 e. The van der Waals surface area contributed by atoms with E-state index in [0.717, 1.165) is 18.7 Å². The van der Waals surface area contributed by atoms with Gasteiger partial charge in [-0.1, -0.05) is 6.07 Å². The number of fused-ring (bicyclic) bond motifs is 1. The number of amides is 1. The van der Waals surface area contributed by atoms with Crippen molar-refractivity contribution in [2.45, 2.75) is 31.8 Å². The third-order valence-electron chi connectivity index (χ3n) is 5.29. The number of benzene rings is 1. The predicted molar refractivity (Wildman–Crippen MR) is 96.4 cm³/mol. The minimum absolute atomic E-state index is 0.0485. The number of sulfone groups is 1. The lowest BCUT2D eigenvalue weighted by Crippen LogP contribution is -2.39. The molecule has 0 bridgehead atoms. The van der Waals surface area contributed by atoms with Gasteiger partial charge < -0.3 is 14.5 Å². The van der Waals surface area contributed by atoms with E-state index in [0.29, 0.717) is 25.9 Å². The van der Waals surface area contributed by atoms with Crippen LogP contribution >= 0.6 is 0 Å². The third kappa shape index (κ3) is 4.33. The van der Waals surface area contributed by atoms with Gasteiger partial charge >= 0.3 is 0 Å². The molecule has 2 aliphatic rings. The van der Waals surface area contributed by atoms with Crippen LogP contribution in [0.1, 0.15) is 24.0 Å². The zero-order chi connectivity index (χ0) is 18.0. The topological polar surface area (TPSA) is 66.9 Å². The molecule has 6 nitrogen and oxygen atoms in total. The zero-order valence-corrected chi connectivity index (χ0v) is 15.7. The van der Waals surface area contributed by atoms with Crippen LogP contribution in [0.4, 0.5) is 0 Å². The summed E-state index contributed by atoms with van der Waals surface area (Å²) < 4.78 is 28.4. The quantitative estimate of drug-likeness (QED) is 0.780. The average Bonchev–Trinajstić information content (AvgIpc) is 2.98.